The molecule has 0 bridgehead atoms. The standard InChI is InChI=1S/C21H34N6O2S/c1-2-22-20(26-12-9-21(18-26)7-5-8-21)24-11-17-30(28,29)27-15-13-25(14-16-27)19-6-3-4-10-23-19/h3-4,6,10H,2,5,7-9,11-18H2,1H3,(H,22,24). The van der Waals surface area contributed by atoms with Crippen LogP contribution in [0.5, 0.6) is 0 Å². The van der Waals surface area contributed by atoms with Crippen molar-refractivity contribution in [2.24, 2.45) is 10.4 Å². The maximum absolute atomic E-state index is 12.8. The van der Waals surface area contributed by atoms with E-state index in [9.17, 15) is 8.42 Å². The van der Waals surface area contributed by atoms with Crippen LogP contribution in [0, 0.1) is 5.41 Å². The highest BCUT2D eigenvalue weighted by Crippen LogP contribution is 2.47. The van der Waals surface area contributed by atoms with Gasteiger partial charge in [0.05, 0.1) is 12.3 Å². The van der Waals surface area contributed by atoms with Gasteiger partial charge >= 0.3 is 0 Å². The Morgan fingerprint density at radius 2 is 1.97 bits per heavy atom. The maximum atomic E-state index is 12.8. The van der Waals surface area contributed by atoms with Crippen LogP contribution < -0.4 is 10.2 Å². The van der Waals surface area contributed by atoms with E-state index >= 15 is 0 Å². The second kappa shape index (κ2) is 9.09. The molecule has 1 N–H and O–H groups in total. The van der Waals surface area contributed by atoms with Gasteiger partial charge in [-0.1, -0.05) is 12.5 Å². The predicted molar refractivity (Wildman–Crippen MR) is 120 cm³/mol. The van der Waals surface area contributed by atoms with Crippen LogP contribution in [-0.4, -0.2) is 86.7 Å². The number of hydrogen-bond donors (Lipinski definition) is 1. The molecule has 3 fully saturated rings. The molecule has 8 nitrogen and oxygen atoms in total. The summed E-state index contributed by atoms with van der Waals surface area (Å²) in [7, 11) is -3.31. The van der Waals surface area contributed by atoms with Crippen molar-refractivity contribution in [2.45, 2.75) is 32.6 Å². The third-order valence-electron chi connectivity index (χ3n) is 6.70. The lowest BCUT2D eigenvalue weighted by molar-refractivity contribution is 0.151. The Bertz CT molecular complexity index is 832. The van der Waals surface area contributed by atoms with Crippen LogP contribution in [-0.2, 0) is 10.0 Å². The summed E-state index contributed by atoms with van der Waals surface area (Å²) in [6.07, 6.45) is 6.98. The van der Waals surface area contributed by atoms with Crippen LogP contribution in [0.3, 0.4) is 0 Å². The fourth-order valence-corrected chi connectivity index (χ4v) is 6.06. The molecule has 0 amide bonds. The van der Waals surface area contributed by atoms with Gasteiger partial charge in [0.2, 0.25) is 10.0 Å². The number of piperazine rings is 1. The Kier molecular flexibility index (Phi) is 6.48. The van der Waals surface area contributed by atoms with Gasteiger partial charge in [-0.15, -0.1) is 0 Å². The molecule has 166 valence electrons. The molecular weight excluding hydrogens is 400 g/mol. The number of likely N-dealkylation sites (tertiary alicyclic amines) is 1. The lowest BCUT2D eigenvalue weighted by atomic mass is 9.68. The summed E-state index contributed by atoms with van der Waals surface area (Å²) in [4.78, 5) is 13.5. The van der Waals surface area contributed by atoms with Crippen molar-refractivity contribution in [1.29, 1.82) is 0 Å². The quantitative estimate of drug-likeness (QED) is 0.538. The third-order valence-corrected chi connectivity index (χ3v) is 8.55. The van der Waals surface area contributed by atoms with Gasteiger partial charge in [-0.2, -0.15) is 4.31 Å². The molecule has 1 aromatic heterocycles. The number of guanidine groups is 1. The number of nitrogens with zero attached hydrogens (tertiary/aromatic N) is 5. The predicted octanol–water partition coefficient (Wildman–Crippen LogP) is 1.37. The summed E-state index contributed by atoms with van der Waals surface area (Å²) in [5.41, 5.74) is 0.496. The van der Waals surface area contributed by atoms with Crippen LogP contribution in [0.1, 0.15) is 32.6 Å². The number of rotatable bonds is 6. The van der Waals surface area contributed by atoms with Crippen LogP contribution >= 0.6 is 0 Å². The Balaban J connectivity index is 1.29. The largest absolute Gasteiger partial charge is 0.357 e. The fraction of sp³-hybridized carbons (Fsp3) is 0.714. The summed E-state index contributed by atoms with van der Waals surface area (Å²) in [6.45, 7) is 7.56. The van der Waals surface area contributed by atoms with Crippen molar-refractivity contribution in [3.63, 3.8) is 0 Å². The first-order valence-electron chi connectivity index (χ1n) is 11.2. The average Bonchev–Trinajstić information content (AvgIpc) is 3.20. The highest BCUT2D eigenvalue weighted by Gasteiger charge is 2.43. The minimum Gasteiger partial charge on any atom is -0.357 e. The van der Waals surface area contributed by atoms with Gasteiger partial charge < -0.3 is 15.1 Å². The van der Waals surface area contributed by atoms with Gasteiger partial charge in [0.1, 0.15) is 5.82 Å². The molecule has 4 rings (SSSR count). The summed E-state index contributed by atoms with van der Waals surface area (Å²) >= 11 is 0. The molecular formula is C21H34N6O2S. The van der Waals surface area contributed by atoms with E-state index in [2.05, 4.69) is 32.0 Å². The van der Waals surface area contributed by atoms with Crippen molar-refractivity contribution < 1.29 is 8.42 Å². The van der Waals surface area contributed by atoms with Crippen molar-refractivity contribution in [1.82, 2.24) is 19.5 Å². The first kappa shape index (κ1) is 21.4. The average molecular weight is 435 g/mol. The molecule has 30 heavy (non-hydrogen) atoms. The Morgan fingerprint density at radius 1 is 1.17 bits per heavy atom. The minimum absolute atomic E-state index is 0.0600. The first-order chi connectivity index (χ1) is 14.5. The van der Waals surface area contributed by atoms with Crippen molar-refractivity contribution in [3.05, 3.63) is 24.4 Å². The molecule has 0 aromatic carbocycles. The zero-order chi connectivity index (χ0) is 21.0. The number of pyridine rings is 1. The van der Waals surface area contributed by atoms with E-state index in [0.29, 0.717) is 38.1 Å². The van der Waals surface area contributed by atoms with Crippen LogP contribution in [0.15, 0.2) is 29.4 Å². The van der Waals surface area contributed by atoms with Crippen molar-refractivity contribution in [3.8, 4) is 0 Å². The number of aliphatic imine (C=N–C) groups is 1. The summed E-state index contributed by atoms with van der Waals surface area (Å²) < 4.78 is 27.3. The molecule has 3 heterocycles. The third kappa shape index (κ3) is 4.72. The first-order valence-corrected chi connectivity index (χ1v) is 12.8. The number of aromatic nitrogens is 1. The van der Waals surface area contributed by atoms with Crippen LogP contribution in [0.4, 0.5) is 5.82 Å². The highest BCUT2D eigenvalue weighted by molar-refractivity contribution is 7.89. The van der Waals surface area contributed by atoms with E-state index in [-0.39, 0.29) is 5.75 Å². The van der Waals surface area contributed by atoms with Gasteiger partial charge in [0.15, 0.2) is 5.96 Å². The van der Waals surface area contributed by atoms with E-state index in [1.165, 1.54) is 25.7 Å². The van der Waals surface area contributed by atoms with Gasteiger partial charge in [-0.25, -0.2) is 13.4 Å². The van der Waals surface area contributed by atoms with E-state index in [0.717, 1.165) is 31.4 Å². The number of nitrogens with one attached hydrogen (secondary N) is 1. The van der Waals surface area contributed by atoms with E-state index in [4.69, 9.17) is 0 Å². The minimum atomic E-state index is -3.31. The van der Waals surface area contributed by atoms with Crippen LogP contribution in [0.2, 0.25) is 0 Å². The molecule has 1 aromatic rings. The Hall–Kier alpha value is -1.87. The van der Waals surface area contributed by atoms with Gasteiger partial charge in [0.25, 0.3) is 0 Å². The fourth-order valence-electron chi connectivity index (χ4n) is 4.76. The van der Waals surface area contributed by atoms with Gasteiger partial charge in [0, 0.05) is 52.0 Å². The van der Waals surface area contributed by atoms with Crippen LogP contribution in [0.25, 0.3) is 0 Å². The number of hydrogen-bond acceptors (Lipinski definition) is 5. The monoisotopic (exact) mass is 434 g/mol. The van der Waals surface area contributed by atoms with E-state index < -0.39 is 10.0 Å². The molecule has 9 heteroatoms. The molecule has 2 aliphatic heterocycles. The molecule has 1 saturated carbocycles. The van der Waals surface area contributed by atoms with Crippen molar-refractivity contribution >= 4 is 21.8 Å². The number of anilines is 1. The van der Waals surface area contributed by atoms with E-state index in [1.54, 1.807) is 10.5 Å². The van der Waals surface area contributed by atoms with Crippen molar-refractivity contribution in [2.75, 3.05) is 63.0 Å². The topological polar surface area (TPSA) is 81.1 Å². The molecule has 2 saturated heterocycles. The molecule has 0 atom stereocenters. The second-order valence-electron chi connectivity index (χ2n) is 8.65. The normalized spacial score (nSPS) is 22.4. The zero-order valence-corrected chi connectivity index (χ0v) is 18.8. The Labute approximate surface area is 180 Å². The highest BCUT2D eigenvalue weighted by atomic mass is 32.2. The summed E-state index contributed by atoms with van der Waals surface area (Å²) in [6, 6.07) is 5.81. The summed E-state index contributed by atoms with van der Waals surface area (Å²) in [5.74, 6) is 1.84. The Morgan fingerprint density at radius 3 is 2.57 bits per heavy atom. The molecule has 1 aliphatic carbocycles. The molecule has 0 radical (unpaired) electrons. The second-order valence-corrected chi connectivity index (χ2v) is 10.7. The lowest BCUT2D eigenvalue weighted by Crippen LogP contribution is -2.49. The maximum Gasteiger partial charge on any atom is 0.216 e. The molecule has 3 aliphatic rings. The molecule has 0 unspecified atom stereocenters. The number of sulfonamides is 1. The van der Waals surface area contributed by atoms with Gasteiger partial charge in [-0.3, -0.25) is 4.99 Å². The van der Waals surface area contributed by atoms with Gasteiger partial charge in [-0.05, 0) is 43.7 Å². The molecule has 1 spiro atoms. The smallest absolute Gasteiger partial charge is 0.216 e. The SMILES string of the molecule is CCNC(=NCCS(=O)(=O)N1CCN(c2ccccn2)CC1)N1CCC2(CCC2)C1. The van der Waals surface area contributed by atoms with E-state index in [1.807, 2.05) is 18.2 Å². The lowest BCUT2D eigenvalue weighted by Gasteiger charge is -2.38. The summed E-state index contributed by atoms with van der Waals surface area (Å²) in [5, 5.41) is 3.35. The zero-order valence-electron chi connectivity index (χ0n) is 18.0.